The van der Waals surface area contributed by atoms with E-state index in [-0.39, 0.29) is 17.0 Å². The van der Waals surface area contributed by atoms with Crippen LogP contribution in [0.5, 0.6) is 5.75 Å². The standard InChI is InChI=1S/C17H12Cl2N4OS.BrH/c1-24-15-7-6-12(19)8-13(15)16-20-21-17-23(16)22-14(9-25-17)10-2-4-11(18)5-3-10;/h2-8H,9H2,1H3;1H. The minimum absolute atomic E-state index is 0. The number of aromatic nitrogens is 3. The molecule has 5 nitrogen and oxygen atoms in total. The molecule has 0 fully saturated rings. The molecule has 0 bridgehead atoms. The first-order chi connectivity index (χ1) is 12.2. The van der Waals surface area contributed by atoms with Gasteiger partial charge >= 0.3 is 0 Å². The molecule has 1 aliphatic rings. The second kappa shape index (κ2) is 8.00. The molecule has 9 heteroatoms. The van der Waals surface area contributed by atoms with Gasteiger partial charge in [0.15, 0.2) is 5.82 Å². The van der Waals surface area contributed by atoms with Gasteiger partial charge in [-0.05, 0) is 35.9 Å². The van der Waals surface area contributed by atoms with Crippen LogP contribution in [0.2, 0.25) is 10.0 Å². The van der Waals surface area contributed by atoms with Gasteiger partial charge in [0, 0.05) is 15.8 Å². The van der Waals surface area contributed by atoms with Crippen LogP contribution in [-0.4, -0.2) is 33.4 Å². The van der Waals surface area contributed by atoms with Gasteiger partial charge in [0.1, 0.15) is 5.75 Å². The second-order valence-corrected chi connectivity index (χ2v) is 7.12. The van der Waals surface area contributed by atoms with Crippen molar-refractivity contribution >= 4 is 57.7 Å². The Morgan fingerprint density at radius 3 is 2.50 bits per heavy atom. The first kappa shape index (κ1) is 19.2. The Balaban J connectivity index is 0.00000196. The van der Waals surface area contributed by atoms with E-state index in [9.17, 15) is 0 Å². The Kier molecular flexibility index (Phi) is 5.92. The maximum absolute atomic E-state index is 6.15. The van der Waals surface area contributed by atoms with Crippen molar-refractivity contribution < 1.29 is 4.74 Å². The van der Waals surface area contributed by atoms with Gasteiger partial charge in [-0.15, -0.1) is 27.2 Å². The lowest BCUT2D eigenvalue weighted by Crippen LogP contribution is -2.13. The van der Waals surface area contributed by atoms with Crippen molar-refractivity contribution in [1.82, 2.24) is 14.9 Å². The quantitative estimate of drug-likeness (QED) is 0.527. The Hall–Kier alpha value is -1.54. The van der Waals surface area contributed by atoms with Gasteiger partial charge < -0.3 is 4.74 Å². The maximum Gasteiger partial charge on any atom is 0.212 e. The lowest BCUT2D eigenvalue weighted by atomic mass is 10.1. The Morgan fingerprint density at radius 1 is 1.04 bits per heavy atom. The van der Waals surface area contributed by atoms with Crippen molar-refractivity contribution in [2.75, 3.05) is 12.9 Å². The number of halogens is 3. The largest absolute Gasteiger partial charge is 0.496 e. The van der Waals surface area contributed by atoms with Gasteiger partial charge in [0.05, 0.1) is 18.4 Å². The van der Waals surface area contributed by atoms with E-state index in [1.165, 1.54) is 0 Å². The van der Waals surface area contributed by atoms with Gasteiger partial charge in [0.25, 0.3) is 0 Å². The summed E-state index contributed by atoms with van der Waals surface area (Å²) < 4.78 is 7.16. The van der Waals surface area contributed by atoms with E-state index in [1.54, 1.807) is 41.7 Å². The van der Waals surface area contributed by atoms with Crippen LogP contribution in [0.4, 0.5) is 0 Å². The zero-order valence-corrected chi connectivity index (χ0v) is 17.6. The summed E-state index contributed by atoms with van der Waals surface area (Å²) in [6.45, 7) is 0. The predicted octanol–water partition coefficient (Wildman–Crippen LogP) is 5.20. The van der Waals surface area contributed by atoms with Crippen LogP contribution in [0.25, 0.3) is 11.4 Å². The first-order valence-corrected chi connectivity index (χ1v) is 9.16. The second-order valence-electron chi connectivity index (χ2n) is 5.30. The highest BCUT2D eigenvalue weighted by Crippen LogP contribution is 2.34. The van der Waals surface area contributed by atoms with Crippen molar-refractivity contribution in [2.45, 2.75) is 5.16 Å². The van der Waals surface area contributed by atoms with Crippen LogP contribution in [0.15, 0.2) is 52.7 Å². The van der Waals surface area contributed by atoms with Crippen molar-refractivity contribution in [1.29, 1.82) is 0 Å². The first-order valence-electron chi connectivity index (χ1n) is 7.41. The molecule has 0 amide bonds. The van der Waals surface area contributed by atoms with E-state index in [2.05, 4.69) is 10.2 Å². The van der Waals surface area contributed by atoms with Gasteiger partial charge in [-0.3, -0.25) is 0 Å². The fourth-order valence-electron chi connectivity index (χ4n) is 2.53. The highest BCUT2D eigenvalue weighted by atomic mass is 79.9. The van der Waals surface area contributed by atoms with E-state index >= 15 is 0 Å². The van der Waals surface area contributed by atoms with Gasteiger partial charge in [0.2, 0.25) is 5.16 Å². The number of hydrogen-bond acceptors (Lipinski definition) is 5. The van der Waals surface area contributed by atoms with Crippen molar-refractivity contribution in [3.05, 3.63) is 58.1 Å². The summed E-state index contributed by atoms with van der Waals surface area (Å²) in [4.78, 5) is 0. The number of rotatable bonds is 3. The van der Waals surface area contributed by atoms with Gasteiger partial charge in [-0.1, -0.05) is 47.1 Å². The summed E-state index contributed by atoms with van der Waals surface area (Å²) in [7, 11) is 1.61. The number of hydrogen-bond donors (Lipinski definition) is 0. The van der Waals surface area contributed by atoms with Crippen LogP contribution < -0.4 is 4.74 Å². The zero-order valence-electron chi connectivity index (χ0n) is 13.5. The topological polar surface area (TPSA) is 52.3 Å². The van der Waals surface area contributed by atoms with Gasteiger partial charge in [-0.2, -0.15) is 9.78 Å². The summed E-state index contributed by atoms with van der Waals surface area (Å²) in [6.07, 6.45) is 0. The highest BCUT2D eigenvalue weighted by Gasteiger charge is 2.22. The molecule has 0 radical (unpaired) electrons. The van der Waals surface area contributed by atoms with Crippen LogP contribution in [0, 0.1) is 0 Å². The number of thioether (sulfide) groups is 1. The van der Waals surface area contributed by atoms with E-state index in [4.69, 9.17) is 33.0 Å². The Morgan fingerprint density at radius 2 is 1.77 bits per heavy atom. The molecule has 2 heterocycles. The van der Waals surface area contributed by atoms with Crippen LogP contribution >= 0.6 is 51.9 Å². The smallest absolute Gasteiger partial charge is 0.212 e. The molecular formula is C17H13BrCl2N4OS. The van der Waals surface area contributed by atoms with Crippen molar-refractivity contribution in [3.8, 4) is 17.1 Å². The molecule has 2 aromatic carbocycles. The summed E-state index contributed by atoms with van der Waals surface area (Å²) in [5.41, 5.74) is 2.69. The molecule has 0 N–H and O–H groups in total. The van der Waals surface area contributed by atoms with E-state index < -0.39 is 0 Å². The molecule has 3 aromatic rings. The molecule has 0 spiro atoms. The molecular weight excluding hydrogens is 459 g/mol. The summed E-state index contributed by atoms with van der Waals surface area (Å²) in [5.74, 6) is 1.97. The molecule has 4 rings (SSSR count). The lowest BCUT2D eigenvalue weighted by molar-refractivity contribution is 0.416. The number of fused-ring (bicyclic) bond motifs is 1. The monoisotopic (exact) mass is 470 g/mol. The van der Waals surface area contributed by atoms with E-state index in [0.717, 1.165) is 22.0 Å². The minimum atomic E-state index is 0. The molecule has 134 valence electrons. The zero-order chi connectivity index (χ0) is 17.4. The fraction of sp³-hybridized carbons (Fsp3) is 0.118. The third-order valence-electron chi connectivity index (χ3n) is 3.75. The molecule has 0 saturated carbocycles. The maximum atomic E-state index is 6.15. The molecule has 26 heavy (non-hydrogen) atoms. The average molecular weight is 472 g/mol. The van der Waals surface area contributed by atoms with Crippen LogP contribution in [-0.2, 0) is 0 Å². The average Bonchev–Trinajstić information content (AvgIpc) is 3.05. The minimum Gasteiger partial charge on any atom is -0.496 e. The Labute approximate surface area is 175 Å². The number of methoxy groups -OCH3 is 1. The van der Waals surface area contributed by atoms with E-state index in [0.29, 0.717) is 27.4 Å². The number of benzene rings is 2. The normalized spacial score (nSPS) is 12.8. The van der Waals surface area contributed by atoms with Gasteiger partial charge in [-0.25, -0.2) is 0 Å². The molecule has 1 aromatic heterocycles. The number of ether oxygens (including phenoxy) is 1. The molecule has 0 aliphatic carbocycles. The summed E-state index contributed by atoms with van der Waals surface area (Å²) in [5, 5.41) is 15.3. The molecule has 1 aliphatic heterocycles. The summed E-state index contributed by atoms with van der Waals surface area (Å²) >= 11 is 13.7. The SMILES string of the molecule is Br.COc1ccc(Cl)cc1-c1nnc2n1N=C(c1ccc(Cl)cc1)CS2. The van der Waals surface area contributed by atoms with E-state index in [1.807, 2.05) is 24.3 Å². The third kappa shape index (κ3) is 3.62. The summed E-state index contributed by atoms with van der Waals surface area (Å²) in [6, 6.07) is 13.0. The Bertz CT molecular complexity index is 975. The predicted molar refractivity (Wildman–Crippen MR) is 111 cm³/mol. The van der Waals surface area contributed by atoms with Crippen molar-refractivity contribution in [2.24, 2.45) is 5.10 Å². The third-order valence-corrected chi connectivity index (χ3v) is 5.17. The van der Waals surface area contributed by atoms with Crippen LogP contribution in [0.3, 0.4) is 0 Å². The molecule has 0 unspecified atom stereocenters. The van der Waals surface area contributed by atoms with Crippen LogP contribution in [0.1, 0.15) is 5.56 Å². The molecule has 0 atom stereocenters. The lowest BCUT2D eigenvalue weighted by Gasteiger charge is -2.15. The fourth-order valence-corrected chi connectivity index (χ4v) is 3.67. The highest BCUT2D eigenvalue weighted by molar-refractivity contribution is 8.93. The molecule has 0 saturated heterocycles. The number of nitrogens with zero attached hydrogens (tertiary/aromatic N) is 4. The van der Waals surface area contributed by atoms with Crippen molar-refractivity contribution in [3.63, 3.8) is 0 Å².